The second-order valence-electron chi connectivity index (χ2n) is 7.53. The summed E-state index contributed by atoms with van der Waals surface area (Å²) in [6.45, 7) is 4.02. The van der Waals surface area contributed by atoms with Gasteiger partial charge in [0.1, 0.15) is 11.6 Å². The van der Waals surface area contributed by atoms with Crippen LogP contribution in [0.1, 0.15) is 18.9 Å². The molecule has 1 atom stereocenters. The predicted octanol–water partition coefficient (Wildman–Crippen LogP) is 2.96. The summed E-state index contributed by atoms with van der Waals surface area (Å²) in [5.74, 6) is 1.72. The summed E-state index contributed by atoms with van der Waals surface area (Å²) in [7, 11) is 5.77. The lowest BCUT2D eigenvalue weighted by Crippen LogP contribution is -2.34. The molecule has 1 fully saturated rings. The molecule has 7 nitrogen and oxygen atoms in total. The van der Waals surface area contributed by atoms with E-state index in [0.717, 1.165) is 30.9 Å². The van der Waals surface area contributed by atoms with Gasteiger partial charge in [-0.05, 0) is 50.2 Å². The standard InChI is InChI=1S/C22H26N4O3/c1-5-14-11-16(28-4)12-18-19(14)22(27)29-21(24-18)17-7-6-9-23-20(17)26(3)15-8-10-25(2)13-15/h6-7,9,11-12,15H,5,8,10,13H2,1-4H3. The molecule has 0 saturated carbocycles. The molecule has 1 aliphatic rings. The van der Waals surface area contributed by atoms with Crippen molar-refractivity contribution in [2.75, 3.05) is 39.2 Å². The van der Waals surface area contributed by atoms with Crippen LogP contribution < -0.4 is 15.3 Å². The van der Waals surface area contributed by atoms with E-state index in [0.29, 0.717) is 34.7 Å². The zero-order chi connectivity index (χ0) is 20.5. The maximum absolute atomic E-state index is 12.8. The molecule has 29 heavy (non-hydrogen) atoms. The highest BCUT2D eigenvalue weighted by Gasteiger charge is 2.27. The highest BCUT2D eigenvalue weighted by atomic mass is 16.5. The molecule has 1 aliphatic heterocycles. The molecular formula is C22H26N4O3. The van der Waals surface area contributed by atoms with Gasteiger partial charge in [0.2, 0.25) is 5.89 Å². The van der Waals surface area contributed by atoms with E-state index in [-0.39, 0.29) is 11.5 Å². The van der Waals surface area contributed by atoms with Crippen molar-refractivity contribution in [1.82, 2.24) is 14.9 Å². The van der Waals surface area contributed by atoms with Gasteiger partial charge in [0, 0.05) is 31.9 Å². The molecular weight excluding hydrogens is 368 g/mol. The van der Waals surface area contributed by atoms with Crippen molar-refractivity contribution >= 4 is 16.7 Å². The number of methoxy groups -OCH3 is 1. The number of benzene rings is 1. The molecule has 3 aromatic rings. The van der Waals surface area contributed by atoms with Crippen LogP contribution in [0.2, 0.25) is 0 Å². The number of hydrogen-bond donors (Lipinski definition) is 0. The van der Waals surface area contributed by atoms with Crippen LogP contribution in [0, 0.1) is 0 Å². The lowest BCUT2D eigenvalue weighted by atomic mass is 10.1. The minimum atomic E-state index is -0.387. The van der Waals surface area contributed by atoms with Gasteiger partial charge < -0.3 is 19.0 Å². The number of nitrogens with zero attached hydrogens (tertiary/aromatic N) is 4. The summed E-state index contributed by atoms with van der Waals surface area (Å²) in [6.07, 6.45) is 3.51. The summed E-state index contributed by atoms with van der Waals surface area (Å²) in [4.78, 5) is 26.6. The first-order valence-corrected chi connectivity index (χ1v) is 9.90. The molecule has 0 radical (unpaired) electrons. The molecule has 0 amide bonds. The number of fused-ring (bicyclic) bond motifs is 1. The monoisotopic (exact) mass is 394 g/mol. The topological polar surface area (TPSA) is 71.7 Å². The van der Waals surface area contributed by atoms with E-state index in [1.165, 1.54) is 0 Å². The number of hydrogen-bond acceptors (Lipinski definition) is 7. The number of aromatic nitrogens is 2. The van der Waals surface area contributed by atoms with Crippen molar-refractivity contribution in [2.45, 2.75) is 25.8 Å². The smallest absolute Gasteiger partial charge is 0.347 e. The average molecular weight is 394 g/mol. The minimum absolute atomic E-state index is 0.277. The molecule has 7 heteroatoms. The van der Waals surface area contributed by atoms with Crippen LogP contribution in [0.3, 0.4) is 0 Å². The summed E-state index contributed by atoms with van der Waals surface area (Å²) in [6, 6.07) is 7.73. The average Bonchev–Trinajstić information content (AvgIpc) is 3.18. The SMILES string of the molecule is CCc1cc(OC)cc2nc(-c3cccnc3N(C)C3CCN(C)C3)oc(=O)c12. The highest BCUT2D eigenvalue weighted by Crippen LogP contribution is 2.31. The lowest BCUT2D eigenvalue weighted by molar-refractivity contribution is 0.409. The lowest BCUT2D eigenvalue weighted by Gasteiger charge is -2.26. The van der Waals surface area contributed by atoms with Crippen LogP contribution in [0.25, 0.3) is 22.4 Å². The minimum Gasteiger partial charge on any atom is -0.497 e. The number of anilines is 1. The molecule has 1 aromatic carbocycles. The van der Waals surface area contributed by atoms with Crippen molar-refractivity contribution in [1.29, 1.82) is 0 Å². The molecule has 0 bridgehead atoms. The van der Waals surface area contributed by atoms with E-state index in [9.17, 15) is 4.79 Å². The number of ether oxygens (including phenoxy) is 1. The van der Waals surface area contributed by atoms with Crippen LogP contribution in [-0.2, 0) is 6.42 Å². The maximum Gasteiger partial charge on any atom is 0.347 e. The Morgan fingerprint density at radius 2 is 2.21 bits per heavy atom. The van der Waals surface area contributed by atoms with Gasteiger partial charge in [-0.1, -0.05) is 6.92 Å². The van der Waals surface area contributed by atoms with Gasteiger partial charge in [0.15, 0.2) is 0 Å². The first kappa shape index (κ1) is 19.4. The van der Waals surface area contributed by atoms with Crippen molar-refractivity contribution in [3.8, 4) is 17.2 Å². The Morgan fingerprint density at radius 3 is 2.90 bits per heavy atom. The fourth-order valence-electron chi connectivity index (χ4n) is 4.01. The van der Waals surface area contributed by atoms with Gasteiger partial charge in [0.05, 0.1) is 23.6 Å². The molecule has 4 rings (SSSR count). The summed E-state index contributed by atoms with van der Waals surface area (Å²) < 4.78 is 11.1. The summed E-state index contributed by atoms with van der Waals surface area (Å²) in [5.41, 5.74) is 1.77. The maximum atomic E-state index is 12.8. The van der Waals surface area contributed by atoms with Gasteiger partial charge in [-0.15, -0.1) is 0 Å². The Balaban J connectivity index is 1.84. The second kappa shape index (κ2) is 7.83. The molecule has 0 spiro atoms. The van der Waals surface area contributed by atoms with E-state index >= 15 is 0 Å². The Labute approximate surface area is 169 Å². The fourth-order valence-corrected chi connectivity index (χ4v) is 4.01. The van der Waals surface area contributed by atoms with E-state index < -0.39 is 0 Å². The fraction of sp³-hybridized carbons (Fsp3) is 0.409. The molecule has 1 unspecified atom stereocenters. The largest absolute Gasteiger partial charge is 0.497 e. The molecule has 1 saturated heterocycles. The molecule has 3 heterocycles. The Morgan fingerprint density at radius 1 is 1.38 bits per heavy atom. The Hall–Kier alpha value is -2.93. The molecule has 0 aliphatic carbocycles. The van der Waals surface area contributed by atoms with Crippen LogP contribution in [0.4, 0.5) is 5.82 Å². The number of rotatable bonds is 5. The summed E-state index contributed by atoms with van der Waals surface area (Å²) in [5, 5.41) is 0.508. The highest BCUT2D eigenvalue weighted by molar-refractivity contribution is 5.84. The quantitative estimate of drug-likeness (QED) is 0.659. The van der Waals surface area contributed by atoms with E-state index in [1.54, 1.807) is 19.4 Å². The number of pyridine rings is 1. The normalized spacial score (nSPS) is 17.0. The molecule has 152 valence electrons. The van der Waals surface area contributed by atoms with Gasteiger partial charge in [-0.3, -0.25) is 0 Å². The third-order valence-electron chi connectivity index (χ3n) is 5.67. The van der Waals surface area contributed by atoms with Crippen LogP contribution >= 0.6 is 0 Å². The number of likely N-dealkylation sites (tertiary alicyclic amines) is 1. The second-order valence-corrected chi connectivity index (χ2v) is 7.53. The zero-order valence-corrected chi connectivity index (χ0v) is 17.3. The van der Waals surface area contributed by atoms with Crippen molar-refractivity contribution < 1.29 is 9.15 Å². The Kier molecular flexibility index (Phi) is 5.24. The summed E-state index contributed by atoms with van der Waals surface area (Å²) >= 11 is 0. The van der Waals surface area contributed by atoms with E-state index in [4.69, 9.17) is 9.15 Å². The first-order chi connectivity index (χ1) is 14.0. The zero-order valence-electron chi connectivity index (χ0n) is 17.3. The third kappa shape index (κ3) is 3.58. The van der Waals surface area contributed by atoms with Crippen LogP contribution in [-0.4, -0.2) is 55.2 Å². The van der Waals surface area contributed by atoms with Gasteiger partial charge >= 0.3 is 5.63 Å². The Bertz CT molecular complexity index is 1100. The van der Waals surface area contributed by atoms with Crippen LogP contribution in [0.15, 0.2) is 39.7 Å². The number of likely N-dealkylation sites (N-methyl/N-ethyl adjacent to an activating group) is 2. The molecule has 0 N–H and O–H groups in total. The predicted molar refractivity (Wildman–Crippen MR) is 114 cm³/mol. The van der Waals surface area contributed by atoms with E-state index in [1.807, 2.05) is 32.2 Å². The third-order valence-corrected chi connectivity index (χ3v) is 5.67. The van der Waals surface area contributed by atoms with Crippen molar-refractivity contribution in [2.24, 2.45) is 0 Å². The van der Waals surface area contributed by atoms with Crippen LogP contribution in [0.5, 0.6) is 5.75 Å². The van der Waals surface area contributed by atoms with Crippen molar-refractivity contribution in [3.63, 3.8) is 0 Å². The first-order valence-electron chi connectivity index (χ1n) is 9.90. The van der Waals surface area contributed by atoms with Crippen molar-refractivity contribution in [3.05, 3.63) is 46.4 Å². The molecule has 2 aromatic heterocycles. The van der Waals surface area contributed by atoms with Gasteiger partial charge in [0.25, 0.3) is 0 Å². The van der Waals surface area contributed by atoms with Gasteiger partial charge in [-0.2, -0.15) is 0 Å². The number of aryl methyl sites for hydroxylation is 1. The van der Waals surface area contributed by atoms with E-state index in [2.05, 4.69) is 26.8 Å². The van der Waals surface area contributed by atoms with Gasteiger partial charge in [-0.25, -0.2) is 14.8 Å².